The molecule has 0 aliphatic rings. The summed E-state index contributed by atoms with van der Waals surface area (Å²) in [5, 5.41) is 2.36. The molecule has 1 N–H and O–H groups in total. The molecule has 0 aliphatic heterocycles. The van der Waals surface area contributed by atoms with E-state index in [2.05, 4.69) is 10.1 Å². The maximum Gasteiger partial charge on any atom is 0.573 e. The summed E-state index contributed by atoms with van der Waals surface area (Å²) in [6.07, 6.45) is -4.80. The summed E-state index contributed by atoms with van der Waals surface area (Å²) in [5.41, 5.74) is 0.835. The van der Waals surface area contributed by atoms with Gasteiger partial charge in [-0.25, -0.2) is 4.39 Å². The lowest BCUT2D eigenvalue weighted by molar-refractivity contribution is -0.274. The van der Waals surface area contributed by atoms with Crippen LogP contribution in [0.1, 0.15) is 15.9 Å². The molecule has 0 aliphatic carbocycles. The number of benzene rings is 2. The van der Waals surface area contributed by atoms with E-state index in [0.29, 0.717) is 0 Å². The SMILES string of the molecule is Cc1ccc(F)c(NC(=O)c2ccc(OC(F)(F)F)cc2)c1. The highest BCUT2D eigenvalue weighted by Gasteiger charge is 2.31. The monoisotopic (exact) mass is 313 g/mol. The van der Waals surface area contributed by atoms with E-state index in [1.807, 2.05) is 0 Å². The smallest absolute Gasteiger partial charge is 0.406 e. The van der Waals surface area contributed by atoms with Crippen LogP contribution in [0.15, 0.2) is 42.5 Å². The van der Waals surface area contributed by atoms with Crippen molar-refractivity contribution in [2.75, 3.05) is 5.32 Å². The second-order valence-electron chi connectivity index (χ2n) is 4.51. The Hall–Kier alpha value is -2.57. The fraction of sp³-hybridized carbons (Fsp3) is 0.133. The molecule has 3 nitrogen and oxygen atoms in total. The Balaban J connectivity index is 2.11. The van der Waals surface area contributed by atoms with Crippen LogP contribution in [0, 0.1) is 12.7 Å². The van der Waals surface area contributed by atoms with Gasteiger partial charge in [0.25, 0.3) is 5.91 Å². The first kappa shape index (κ1) is 15.8. The average molecular weight is 313 g/mol. The summed E-state index contributed by atoms with van der Waals surface area (Å²) in [6, 6.07) is 8.55. The van der Waals surface area contributed by atoms with Crippen LogP contribution in [0.3, 0.4) is 0 Å². The maximum absolute atomic E-state index is 13.5. The summed E-state index contributed by atoms with van der Waals surface area (Å²) in [6.45, 7) is 1.73. The Morgan fingerprint density at radius 1 is 1.09 bits per heavy atom. The van der Waals surface area contributed by atoms with Crippen LogP contribution in [0.2, 0.25) is 0 Å². The summed E-state index contributed by atoms with van der Waals surface area (Å²) in [4.78, 5) is 11.9. The van der Waals surface area contributed by atoms with E-state index in [9.17, 15) is 22.4 Å². The van der Waals surface area contributed by atoms with Gasteiger partial charge < -0.3 is 10.1 Å². The zero-order valence-electron chi connectivity index (χ0n) is 11.4. The molecule has 0 heterocycles. The van der Waals surface area contributed by atoms with Gasteiger partial charge in [0.15, 0.2) is 0 Å². The molecule has 0 radical (unpaired) electrons. The van der Waals surface area contributed by atoms with Gasteiger partial charge in [-0.2, -0.15) is 0 Å². The van der Waals surface area contributed by atoms with E-state index in [4.69, 9.17) is 0 Å². The Morgan fingerprint density at radius 2 is 1.73 bits per heavy atom. The topological polar surface area (TPSA) is 38.3 Å². The Bertz CT molecular complexity index is 681. The van der Waals surface area contributed by atoms with E-state index in [0.717, 1.165) is 29.8 Å². The van der Waals surface area contributed by atoms with Crippen molar-refractivity contribution in [1.29, 1.82) is 0 Å². The van der Waals surface area contributed by atoms with E-state index in [-0.39, 0.29) is 11.3 Å². The van der Waals surface area contributed by atoms with Gasteiger partial charge in [0, 0.05) is 5.56 Å². The van der Waals surface area contributed by atoms with Crippen molar-refractivity contribution in [3.8, 4) is 5.75 Å². The third-order valence-corrected chi connectivity index (χ3v) is 2.72. The number of aryl methyl sites for hydroxylation is 1. The predicted molar refractivity (Wildman–Crippen MR) is 72.2 cm³/mol. The number of ether oxygens (including phenoxy) is 1. The van der Waals surface area contributed by atoms with E-state index >= 15 is 0 Å². The molecule has 22 heavy (non-hydrogen) atoms. The second kappa shape index (κ2) is 6.05. The van der Waals surface area contributed by atoms with E-state index < -0.39 is 23.8 Å². The molecule has 1 amide bonds. The lowest BCUT2D eigenvalue weighted by Gasteiger charge is -2.10. The number of rotatable bonds is 3. The summed E-state index contributed by atoms with van der Waals surface area (Å²) >= 11 is 0. The molecule has 0 atom stereocenters. The fourth-order valence-electron chi connectivity index (χ4n) is 1.74. The van der Waals surface area contributed by atoms with Gasteiger partial charge in [0.1, 0.15) is 11.6 Å². The molecule has 2 aromatic rings. The first-order chi connectivity index (χ1) is 10.2. The Morgan fingerprint density at radius 3 is 2.32 bits per heavy atom. The largest absolute Gasteiger partial charge is 0.573 e. The van der Waals surface area contributed by atoms with Crippen molar-refractivity contribution >= 4 is 11.6 Å². The minimum Gasteiger partial charge on any atom is -0.406 e. The Kier molecular flexibility index (Phi) is 4.35. The van der Waals surface area contributed by atoms with Crippen LogP contribution < -0.4 is 10.1 Å². The van der Waals surface area contributed by atoms with E-state index in [1.54, 1.807) is 13.0 Å². The third-order valence-electron chi connectivity index (χ3n) is 2.72. The lowest BCUT2D eigenvalue weighted by Crippen LogP contribution is -2.17. The molecule has 0 unspecified atom stereocenters. The zero-order chi connectivity index (χ0) is 16.3. The summed E-state index contributed by atoms with van der Waals surface area (Å²) in [7, 11) is 0. The van der Waals surface area contributed by atoms with Crippen LogP contribution in [0.5, 0.6) is 5.75 Å². The van der Waals surface area contributed by atoms with Gasteiger partial charge in [-0.1, -0.05) is 6.07 Å². The van der Waals surface area contributed by atoms with Gasteiger partial charge in [-0.15, -0.1) is 13.2 Å². The standard InChI is InChI=1S/C15H11F4NO2/c1-9-2-7-12(16)13(8-9)20-14(21)10-3-5-11(6-4-10)22-15(17,18)19/h2-8H,1H3,(H,20,21). The number of carbonyl (C=O) groups is 1. The Labute approximate surface area is 123 Å². The van der Waals surface area contributed by atoms with Crippen LogP contribution in [0.25, 0.3) is 0 Å². The highest BCUT2D eigenvalue weighted by atomic mass is 19.4. The van der Waals surface area contributed by atoms with Crippen LogP contribution in [-0.2, 0) is 0 Å². The highest BCUT2D eigenvalue weighted by molar-refractivity contribution is 6.04. The summed E-state index contributed by atoms with van der Waals surface area (Å²) in [5.74, 6) is -1.68. The predicted octanol–water partition coefficient (Wildman–Crippen LogP) is 4.29. The van der Waals surface area contributed by atoms with Gasteiger partial charge in [0.05, 0.1) is 5.69 Å². The van der Waals surface area contributed by atoms with Crippen molar-refractivity contribution in [3.63, 3.8) is 0 Å². The van der Waals surface area contributed by atoms with E-state index in [1.165, 1.54) is 12.1 Å². The number of carbonyl (C=O) groups excluding carboxylic acids is 1. The molecule has 0 spiro atoms. The number of halogens is 4. The average Bonchev–Trinajstić information content (AvgIpc) is 2.42. The van der Waals surface area contributed by atoms with Crippen LogP contribution in [-0.4, -0.2) is 12.3 Å². The minimum absolute atomic E-state index is 0.000572. The third kappa shape index (κ3) is 4.21. The van der Waals surface area contributed by atoms with Crippen LogP contribution >= 0.6 is 0 Å². The molecule has 116 valence electrons. The van der Waals surface area contributed by atoms with Crippen molar-refractivity contribution in [1.82, 2.24) is 0 Å². The zero-order valence-corrected chi connectivity index (χ0v) is 11.4. The molecule has 0 aromatic heterocycles. The first-order valence-electron chi connectivity index (χ1n) is 6.18. The molecular weight excluding hydrogens is 302 g/mol. The van der Waals surface area contributed by atoms with Crippen molar-refractivity contribution < 1.29 is 27.1 Å². The molecule has 0 saturated heterocycles. The number of hydrogen-bond donors (Lipinski definition) is 1. The van der Waals surface area contributed by atoms with Crippen LogP contribution in [0.4, 0.5) is 23.2 Å². The quantitative estimate of drug-likeness (QED) is 0.859. The second-order valence-corrected chi connectivity index (χ2v) is 4.51. The number of amides is 1. The summed E-state index contributed by atoms with van der Waals surface area (Å²) < 4.78 is 53.3. The number of anilines is 1. The molecular formula is C15H11F4NO2. The number of alkyl halides is 3. The van der Waals surface area contributed by atoms with Gasteiger partial charge in [0.2, 0.25) is 0 Å². The fourth-order valence-corrected chi connectivity index (χ4v) is 1.74. The molecule has 2 aromatic carbocycles. The normalized spacial score (nSPS) is 11.1. The molecule has 0 saturated carbocycles. The first-order valence-corrected chi connectivity index (χ1v) is 6.18. The van der Waals surface area contributed by atoms with Crippen molar-refractivity contribution in [3.05, 3.63) is 59.4 Å². The van der Waals surface area contributed by atoms with Gasteiger partial charge >= 0.3 is 6.36 Å². The lowest BCUT2D eigenvalue weighted by atomic mass is 10.1. The van der Waals surface area contributed by atoms with Crippen molar-refractivity contribution in [2.45, 2.75) is 13.3 Å². The van der Waals surface area contributed by atoms with Gasteiger partial charge in [-0.05, 0) is 48.9 Å². The van der Waals surface area contributed by atoms with Crippen molar-refractivity contribution in [2.24, 2.45) is 0 Å². The molecule has 7 heteroatoms. The van der Waals surface area contributed by atoms with Gasteiger partial charge in [-0.3, -0.25) is 4.79 Å². The maximum atomic E-state index is 13.5. The minimum atomic E-state index is -4.80. The molecule has 0 bridgehead atoms. The highest BCUT2D eigenvalue weighted by Crippen LogP contribution is 2.23. The molecule has 0 fully saturated rings. The number of hydrogen-bond acceptors (Lipinski definition) is 2. The number of nitrogens with one attached hydrogen (secondary N) is 1. The molecule has 2 rings (SSSR count).